The highest BCUT2D eigenvalue weighted by Crippen LogP contribution is 2.12. The summed E-state index contributed by atoms with van der Waals surface area (Å²) in [5.41, 5.74) is 0.878. The molecule has 20 heavy (non-hydrogen) atoms. The molecular weight excluding hydrogens is 259 g/mol. The third-order valence-electron chi connectivity index (χ3n) is 3.41. The van der Waals surface area contributed by atoms with Crippen molar-refractivity contribution in [2.45, 2.75) is 32.7 Å². The van der Waals surface area contributed by atoms with Gasteiger partial charge in [0.2, 0.25) is 5.91 Å². The maximum absolute atomic E-state index is 13.6. The third-order valence-corrected chi connectivity index (χ3v) is 3.41. The lowest BCUT2D eigenvalue weighted by atomic mass is 10.1. The predicted octanol–water partition coefficient (Wildman–Crippen LogP) is 1.87. The fourth-order valence-electron chi connectivity index (χ4n) is 2.39. The highest BCUT2D eigenvalue weighted by atomic mass is 19.1. The summed E-state index contributed by atoms with van der Waals surface area (Å²) in [6.45, 7) is 4.83. The molecule has 1 aromatic carbocycles. The third kappa shape index (κ3) is 3.35. The zero-order valence-electron chi connectivity index (χ0n) is 11.8. The van der Waals surface area contributed by atoms with E-state index < -0.39 is 11.7 Å². The van der Waals surface area contributed by atoms with E-state index in [9.17, 15) is 14.0 Å². The quantitative estimate of drug-likeness (QED) is 0.914. The Balaban J connectivity index is 1.96. The molecule has 1 atom stereocenters. The van der Waals surface area contributed by atoms with E-state index in [-0.39, 0.29) is 17.5 Å². The van der Waals surface area contributed by atoms with E-state index in [2.05, 4.69) is 5.32 Å². The standard InChI is InChI=1S/C15H19FN2O2/c1-10-5-6-13(16)12(8-10)15(20)17-11(2)9-18-7-3-4-14(18)19/h5-6,8,11H,3-4,7,9H2,1-2H3,(H,17,20). The van der Waals surface area contributed by atoms with Gasteiger partial charge in [0.15, 0.2) is 0 Å². The maximum Gasteiger partial charge on any atom is 0.254 e. The zero-order valence-corrected chi connectivity index (χ0v) is 11.8. The Hall–Kier alpha value is -1.91. The van der Waals surface area contributed by atoms with Gasteiger partial charge in [0.05, 0.1) is 5.56 Å². The first kappa shape index (κ1) is 14.5. The van der Waals surface area contributed by atoms with Crippen molar-refractivity contribution in [1.29, 1.82) is 0 Å². The van der Waals surface area contributed by atoms with E-state index in [4.69, 9.17) is 0 Å². The summed E-state index contributed by atoms with van der Waals surface area (Å²) in [7, 11) is 0. The molecule has 5 heteroatoms. The first-order valence-corrected chi connectivity index (χ1v) is 6.82. The van der Waals surface area contributed by atoms with Crippen LogP contribution in [0, 0.1) is 12.7 Å². The number of hydrogen-bond donors (Lipinski definition) is 1. The minimum absolute atomic E-state index is 0.0459. The molecule has 0 saturated carbocycles. The molecule has 4 nitrogen and oxygen atoms in total. The van der Waals surface area contributed by atoms with Gasteiger partial charge in [0.1, 0.15) is 5.82 Å². The summed E-state index contributed by atoms with van der Waals surface area (Å²) in [5.74, 6) is -0.851. The molecule has 1 saturated heterocycles. The number of nitrogens with zero attached hydrogens (tertiary/aromatic N) is 1. The normalized spacial score (nSPS) is 16.4. The van der Waals surface area contributed by atoms with Crippen LogP contribution in [0.25, 0.3) is 0 Å². The van der Waals surface area contributed by atoms with E-state index in [1.807, 2.05) is 13.8 Å². The molecule has 108 valence electrons. The molecule has 0 radical (unpaired) electrons. The fraction of sp³-hybridized carbons (Fsp3) is 0.467. The van der Waals surface area contributed by atoms with Gasteiger partial charge in [-0.2, -0.15) is 0 Å². The number of nitrogens with one attached hydrogen (secondary N) is 1. The van der Waals surface area contributed by atoms with Crippen molar-refractivity contribution in [1.82, 2.24) is 10.2 Å². The van der Waals surface area contributed by atoms with Gasteiger partial charge in [-0.25, -0.2) is 4.39 Å². The lowest BCUT2D eigenvalue weighted by Crippen LogP contribution is -2.42. The Morgan fingerprint density at radius 2 is 2.25 bits per heavy atom. The summed E-state index contributed by atoms with van der Waals surface area (Å²) in [5, 5.41) is 2.74. The van der Waals surface area contributed by atoms with Gasteiger partial charge in [0, 0.05) is 25.6 Å². The second-order valence-corrected chi connectivity index (χ2v) is 5.30. The second kappa shape index (κ2) is 6.03. The number of aryl methyl sites for hydroxylation is 1. The lowest BCUT2D eigenvalue weighted by Gasteiger charge is -2.21. The van der Waals surface area contributed by atoms with Crippen molar-refractivity contribution >= 4 is 11.8 Å². The van der Waals surface area contributed by atoms with Gasteiger partial charge in [0.25, 0.3) is 5.91 Å². The van der Waals surface area contributed by atoms with Crippen molar-refractivity contribution in [3.05, 3.63) is 35.1 Å². The number of likely N-dealkylation sites (tertiary alicyclic amines) is 1. The van der Waals surface area contributed by atoms with Crippen LogP contribution in [-0.4, -0.2) is 35.8 Å². The van der Waals surface area contributed by atoms with Gasteiger partial charge in [-0.15, -0.1) is 0 Å². The van der Waals surface area contributed by atoms with Crippen LogP contribution in [0.2, 0.25) is 0 Å². The molecule has 2 rings (SSSR count). The van der Waals surface area contributed by atoms with Gasteiger partial charge in [-0.1, -0.05) is 11.6 Å². The molecule has 1 N–H and O–H groups in total. The Morgan fingerprint density at radius 3 is 2.90 bits per heavy atom. The van der Waals surface area contributed by atoms with E-state index >= 15 is 0 Å². The van der Waals surface area contributed by atoms with Crippen LogP contribution in [0.1, 0.15) is 35.7 Å². The number of amides is 2. The first-order valence-electron chi connectivity index (χ1n) is 6.82. The summed E-state index contributed by atoms with van der Waals surface area (Å²) in [4.78, 5) is 25.3. The molecule has 1 fully saturated rings. The fourth-order valence-corrected chi connectivity index (χ4v) is 2.39. The Kier molecular flexibility index (Phi) is 4.37. The topological polar surface area (TPSA) is 49.4 Å². The van der Waals surface area contributed by atoms with Crippen LogP contribution < -0.4 is 5.32 Å². The molecule has 1 unspecified atom stereocenters. The summed E-state index contributed by atoms with van der Waals surface area (Å²) in [6.07, 6.45) is 1.44. The van der Waals surface area contributed by atoms with Gasteiger partial charge in [-0.05, 0) is 32.4 Å². The molecule has 0 aliphatic carbocycles. The van der Waals surface area contributed by atoms with Crippen LogP contribution in [0.5, 0.6) is 0 Å². The average molecular weight is 278 g/mol. The van der Waals surface area contributed by atoms with Crippen molar-refractivity contribution < 1.29 is 14.0 Å². The van der Waals surface area contributed by atoms with Crippen LogP contribution >= 0.6 is 0 Å². The zero-order chi connectivity index (χ0) is 14.7. The highest BCUT2D eigenvalue weighted by molar-refractivity contribution is 5.94. The van der Waals surface area contributed by atoms with Crippen molar-refractivity contribution in [2.75, 3.05) is 13.1 Å². The van der Waals surface area contributed by atoms with Crippen molar-refractivity contribution in [3.63, 3.8) is 0 Å². The van der Waals surface area contributed by atoms with Crippen LogP contribution in [0.4, 0.5) is 4.39 Å². The molecule has 0 aromatic heterocycles. The molecule has 1 aliphatic heterocycles. The largest absolute Gasteiger partial charge is 0.348 e. The van der Waals surface area contributed by atoms with Crippen LogP contribution in [0.3, 0.4) is 0 Å². The van der Waals surface area contributed by atoms with E-state index in [1.54, 1.807) is 11.0 Å². The minimum atomic E-state index is -0.530. The van der Waals surface area contributed by atoms with Gasteiger partial charge in [-0.3, -0.25) is 9.59 Å². The molecule has 1 aliphatic rings. The van der Waals surface area contributed by atoms with Crippen molar-refractivity contribution in [3.8, 4) is 0 Å². The SMILES string of the molecule is Cc1ccc(F)c(C(=O)NC(C)CN2CCCC2=O)c1. The van der Waals surface area contributed by atoms with Gasteiger partial charge >= 0.3 is 0 Å². The van der Waals surface area contributed by atoms with Gasteiger partial charge < -0.3 is 10.2 Å². The Bertz CT molecular complexity index is 531. The second-order valence-electron chi connectivity index (χ2n) is 5.30. The number of carbonyl (C=O) groups excluding carboxylic acids is 2. The first-order chi connectivity index (χ1) is 9.47. The van der Waals surface area contributed by atoms with E-state index in [1.165, 1.54) is 12.1 Å². The predicted molar refractivity (Wildman–Crippen MR) is 73.9 cm³/mol. The number of carbonyl (C=O) groups is 2. The lowest BCUT2D eigenvalue weighted by molar-refractivity contribution is -0.127. The summed E-state index contributed by atoms with van der Waals surface area (Å²) >= 11 is 0. The summed E-state index contributed by atoms with van der Waals surface area (Å²) in [6, 6.07) is 4.24. The van der Waals surface area contributed by atoms with E-state index in [0.29, 0.717) is 13.0 Å². The number of rotatable bonds is 4. The summed E-state index contributed by atoms with van der Waals surface area (Å²) < 4.78 is 13.6. The molecule has 0 bridgehead atoms. The number of benzene rings is 1. The average Bonchev–Trinajstić information content (AvgIpc) is 2.77. The molecular formula is C15H19FN2O2. The van der Waals surface area contributed by atoms with Crippen molar-refractivity contribution in [2.24, 2.45) is 0 Å². The Morgan fingerprint density at radius 1 is 1.50 bits per heavy atom. The molecule has 1 heterocycles. The van der Waals surface area contributed by atoms with Crippen LogP contribution in [-0.2, 0) is 4.79 Å². The number of halogens is 1. The Labute approximate surface area is 118 Å². The van der Waals surface area contributed by atoms with Crippen LogP contribution in [0.15, 0.2) is 18.2 Å². The molecule has 1 aromatic rings. The monoisotopic (exact) mass is 278 g/mol. The highest BCUT2D eigenvalue weighted by Gasteiger charge is 2.23. The van der Waals surface area contributed by atoms with E-state index in [0.717, 1.165) is 18.5 Å². The number of hydrogen-bond acceptors (Lipinski definition) is 2. The minimum Gasteiger partial charge on any atom is -0.348 e. The smallest absolute Gasteiger partial charge is 0.254 e. The maximum atomic E-state index is 13.6. The molecule has 0 spiro atoms. The molecule has 2 amide bonds.